The predicted octanol–water partition coefficient (Wildman–Crippen LogP) is 3.33. The molecular formula is C17H17F2N3. The van der Waals surface area contributed by atoms with E-state index in [0.29, 0.717) is 18.6 Å². The largest absolute Gasteiger partial charge is 0.289 e. The van der Waals surface area contributed by atoms with Crippen molar-refractivity contribution in [3.8, 4) is 0 Å². The summed E-state index contributed by atoms with van der Waals surface area (Å²) in [5.41, 5.74) is 3.16. The third-order valence-electron chi connectivity index (χ3n) is 4.80. The van der Waals surface area contributed by atoms with E-state index in [9.17, 15) is 8.78 Å². The maximum atomic E-state index is 13.4. The van der Waals surface area contributed by atoms with Crippen molar-refractivity contribution in [2.24, 2.45) is 0 Å². The molecule has 0 N–H and O–H groups in total. The second-order valence-corrected chi connectivity index (χ2v) is 6.19. The number of aromatic nitrogens is 2. The summed E-state index contributed by atoms with van der Waals surface area (Å²) >= 11 is 0. The quantitative estimate of drug-likeness (QED) is 0.852. The molecule has 1 aromatic carbocycles. The van der Waals surface area contributed by atoms with Crippen molar-refractivity contribution >= 4 is 0 Å². The summed E-state index contributed by atoms with van der Waals surface area (Å²) in [6.07, 6.45) is 5.04. The van der Waals surface area contributed by atoms with Crippen molar-refractivity contribution in [1.82, 2.24) is 14.9 Å². The molecule has 22 heavy (non-hydrogen) atoms. The molecule has 4 rings (SSSR count). The van der Waals surface area contributed by atoms with Gasteiger partial charge in [-0.2, -0.15) is 0 Å². The molecule has 5 heteroatoms. The van der Waals surface area contributed by atoms with Gasteiger partial charge in [0.05, 0.1) is 5.69 Å². The zero-order valence-corrected chi connectivity index (χ0v) is 12.4. The minimum absolute atomic E-state index is 0.294. The fraction of sp³-hybridized carbons (Fsp3) is 0.412. The van der Waals surface area contributed by atoms with Crippen LogP contribution in [0.25, 0.3) is 0 Å². The highest BCUT2D eigenvalue weighted by Crippen LogP contribution is 2.43. The van der Waals surface area contributed by atoms with E-state index in [4.69, 9.17) is 0 Å². The molecule has 2 aliphatic heterocycles. The van der Waals surface area contributed by atoms with E-state index in [1.807, 2.05) is 13.1 Å². The fourth-order valence-corrected chi connectivity index (χ4v) is 3.77. The van der Waals surface area contributed by atoms with Crippen LogP contribution in [0.1, 0.15) is 41.5 Å². The molecular weight excluding hydrogens is 284 g/mol. The van der Waals surface area contributed by atoms with Gasteiger partial charge in [-0.25, -0.2) is 18.7 Å². The molecule has 3 heterocycles. The highest BCUT2D eigenvalue weighted by molar-refractivity contribution is 5.29. The van der Waals surface area contributed by atoms with Crippen molar-refractivity contribution in [1.29, 1.82) is 0 Å². The summed E-state index contributed by atoms with van der Waals surface area (Å²) in [7, 11) is 0. The number of rotatable bonds is 2. The van der Waals surface area contributed by atoms with Gasteiger partial charge in [-0.1, -0.05) is 6.07 Å². The van der Waals surface area contributed by atoms with Gasteiger partial charge in [0.15, 0.2) is 11.6 Å². The molecule has 0 amide bonds. The minimum atomic E-state index is -0.792. The highest BCUT2D eigenvalue weighted by atomic mass is 19.2. The number of aryl methyl sites for hydroxylation is 1. The van der Waals surface area contributed by atoms with Crippen LogP contribution in [0, 0.1) is 18.6 Å². The summed E-state index contributed by atoms with van der Waals surface area (Å²) in [6, 6.07) is 4.90. The van der Waals surface area contributed by atoms with Crippen molar-refractivity contribution in [2.45, 2.75) is 44.8 Å². The Labute approximate surface area is 128 Å². The first-order chi connectivity index (χ1) is 10.6. The van der Waals surface area contributed by atoms with Gasteiger partial charge in [-0.3, -0.25) is 4.90 Å². The van der Waals surface area contributed by atoms with Crippen LogP contribution >= 0.6 is 0 Å². The zero-order chi connectivity index (χ0) is 15.3. The monoisotopic (exact) mass is 301 g/mol. The SMILES string of the molecule is Cc1ncc2c(n1)C[C@@H]1CC[C@@H]2N1Cc1ccc(F)c(F)c1. The summed E-state index contributed by atoms with van der Waals surface area (Å²) < 4.78 is 26.5. The molecule has 2 aromatic rings. The van der Waals surface area contributed by atoms with E-state index < -0.39 is 11.6 Å². The van der Waals surface area contributed by atoms with E-state index in [-0.39, 0.29) is 0 Å². The van der Waals surface area contributed by atoms with Crippen LogP contribution in [-0.4, -0.2) is 20.9 Å². The Hall–Kier alpha value is -1.88. The topological polar surface area (TPSA) is 29.0 Å². The fourth-order valence-electron chi connectivity index (χ4n) is 3.77. The minimum Gasteiger partial charge on any atom is -0.289 e. The van der Waals surface area contributed by atoms with Gasteiger partial charge in [0.2, 0.25) is 0 Å². The lowest BCUT2D eigenvalue weighted by molar-refractivity contribution is 0.165. The summed E-state index contributed by atoms with van der Waals surface area (Å²) in [6.45, 7) is 2.55. The Morgan fingerprint density at radius 1 is 1.23 bits per heavy atom. The van der Waals surface area contributed by atoms with Crippen molar-refractivity contribution < 1.29 is 8.78 Å². The van der Waals surface area contributed by atoms with Crippen LogP contribution in [0.3, 0.4) is 0 Å². The van der Waals surface area contributed by atoms with Gasteiger partial charge < -0.3 is 0 Å². The van der Waals surface area contributed by atoms with Gasteiger partial charge in [-0.05, 0) is 37.5 Å². The Balaban J connectivity index is 1.64. The van der Waals surface area contributed by atoms with Crippen molar-refractivity contribution in [2.75, 3.05) is 0 Å². The lowest BCUT2D eigenvalue weighted by Crippen LogP contribution is -2.37. The molecule has 0 spiro atoms. The lowest BCUT2D eigenvalue weighted by Gasteiger charge is -2.35. The molecule has 0 radical (unpaired) electrons. The van der Waals surface area contributed by atoms with Crippen LogP contribution in [-0.2, 0) is 13.0 Å². The van der Waals surface area contributed by atoms with E-state index >= 15 is 0 Å². The molecule has 2 atom stereocenters. The van der Waals surface area contributed by atoms with Gasteiger partial charge in [0.25, 0.3) is 0 Å². The molecule has 2 aliphatic rings. The van der Waals surface area contributed by atoms with E-state index in [0.717, 1.165) is 36.3 Å². The normalized spacial score (nSPS) is 23.6. The van der Waals surface area contributed by atoms with E-state index in [1.165, 1.54) is 17.7 Å². The van der Waals surface area contributed by atoms with E-state index in [2.05, 4.69) is 14.9 Å². The molecule has 2 bridgehead atoms. The first kappa shape index (κ1) is 13.8. The molecule has 3 nitrogen and oxygen atoms in total. The predicted molar refractivity (Wildman–Crippen MR) is 78.1 cm³/mol. The molecule has 1 aromatic heterocycles. The molecule has 114 valence electrons. The third-order valence-corrected chi connectivity index (χ3v) is 4.80. The van der Waals surface area contributed by atoms with Crippen molar-refractivity contribution in [3.63, 3.8) is 0 Å². The average Bonchev–Trinajstić information content (AvgIpc) is 2.76. The van der Waals surface area contributed by atoms with Crippen LogP contribution in [0.15, 0.2) is 24.4 Å². The lowest BCUT2D eigenvalue weighted by atomic mass is 9.98. The molecule has 0 aliphatic carbocycles. The summed E-state index contributed by atoms with van der Waals surface area (Å²) in [5, 5.41) is 0. The van der Waals surface area contributed by atoms with Crippen molar-refractivity contribution in [3.05, 3.63) is 58.7 Å². The van der Waals surface area contributed by atoms with Gasteiger partial charge in [0, 0.05) is 36.8 Å². The number of hydrogen-bond donors (Lipinski definition) is 0. The zero-order valence-electron chi connectivity index (χ0n) is 12.4. The van der Waals surface area contributed by atoms with Crippen LogP contribution in [0.5, 0.6) is 0 Å². The number of nitrogens with zero attached hydrogens (tertiary/aromatic N) is 3. The highest BCUT2D eigenvalue weighted by Gasteiger charge is 2.40. The Kier molecular flexibility index (Phi) is 3.18. The Morgan fingerprint density at radius 3 is 2.91 bits per heavy atom. The second-order valence-electron chi connectivity index (χ2n) is 6.19. The second kappa shape index (κ2) is 5.09. The summed E-state index contributed by atoms with van der Waals surface area (Å²) in [5.74, 6) is -0.756. The molecule has 1 saturated heterocycles. The van der Waals surface area contributed by atoms with Gasteiger partial charge >= 0.3 is 0 Å². The molecule has 0 saturated carbocycles. The van der Waals surface area contributed by atoms with Crippen LogP contribution in [0.2, 0.25) is 0 Å². The first-order valence-electron chi connectivity index (χ1n) is 7.64. The van der Waals surface area contributed by atoms with Gasteiger partial charge in [-0.15, -0.1) is 0 Å². The number of fused-ring (bicyclic) bond motifs is 4. The molecule has 1 fully saturated rings. The average molecular weight is 301 g/mol. The number of halogens is 2. The first-order valence-corrected chi connectivity index (χ1v) is 7.64. The number of benzene rings is 1. The number of hydrogen-bond acceptors (Lipinski definition) is 3. The van der Waals surface area contributed by atoms with Crippen LogP contribution in [0.4, 0.5) is 8.78 Å². The maximum Gasteiger partial charge on any atom is 0.159 e. The Morgan fingerprint density at radius 2 is 2.09 bits per heavy atom. The summed E-state index contributed by atoms with van der Waals surface area (Å²) in [4.78, 5) is 11.3. The van der Waals surface area contributed by atoms with Crippen LogP contribution < -0.4 is 0 Å². The van der Waals surface area contributed by atoms with Gasteiger partial charge in [0.1, 0.15) is 5.82 Å². The Bertz CT molecular complexity index is 732. The molecule has 0 unspecified atom stereocenters. The third kappa shape index (κ3) is 2.20. The smallest absolute Gasteiger partial charge is 0.159 e. The maximum absolute atomic E-state index is 13.4. The van der Waals surface area contributed by atoms with E-state index in [1.54, 1.807) is 6.07 Å². The standard InChI is InChI=1S/C17H17F2N3/c1-10-20-8-13-16(21-10)7-12-3-5-17(13)22(12)9-11-2-4-14(18)15(19)6-11/h2,4,6,8,12,17H,3,5,7,9H2,1H3/t12-,17-/m0/s1.